The Bertz CT molecular complexity index is 1050. The quantitative estimate of drug-likeness (QED) is 0.581. The molecule has 0 aliphatic rings. The highest BCUT2D eigenvalue weighted by atomic mass is 32.1. The summed E-state index contributed by atoms with van der Waals surface area (Å²) >= 11 is 1.53. The Morgan fingerprint density at radius 1 is 1.14 bits per heavy atom. The number of aromatic nitrogens is 1. The third-order valence-corrected chi connectivity index (χ3v) is 4.90. The number of phenols is 1. The molecule has 0 saturated heterocycles. The van der Waals surface area contributed by atoms with Gasteiger partial charge in [0.25, 0.3) is 0 Å². The van der Waals surface area contributed by atoms with E-state index in [2.05, 4.69) is 10.1 Å². The fourth-order valence-corrected chi connectivity index (χ4v) is 3.66. The average molecular weight is 412 g/mol. The van der Waals surface area contributed by atoms with E-state index in [9.17, 15) is 5.11 Å². The summed E-state index contributed by atoms with van der Waals surface area (Å²) in [5, 5.41) is 16.9. The van der Waals surface area contributed by atoms with E-state index < -0.39 is 0 Å². The summed E-state index contributed by atoms with van der Waals surface area (Å²) in [5.74, 6) is 1.54. The molecular formula is C22H25N3O3S. The lowest BCUT2D eigenvalue weighted by Crippen LogP contribution is -2.14. The SMILES string of the molecule is CCOc1ccc(C=Nn2c(-c3ccc(OC)cc3)csc2=NC(C)C)c(O)c1. The zero-order valence-corrected chi connectivity index (χ0v) is 17.8. The summed E-state index contributed by atoms with van der Waals surface area (Å²) in [6.45, 7) is 6.50. The van der Waals surface area contributed by atoms with Crippen LogP contribution >= 0.6 is 11.3 Å². The summed E-state index contributed by atoms with van der Waals surface area (Å²) < 4.78 is 12.5. The molecule has 3 rings (SSSR count). The van der Waals surface area contributed by atoms with E-state index in [0.29, 0.717) is 17.9 Å². The predicted molar refractivity (Wildman–Crippen MR) is 117 cm³/mol. The number of ether oxygens (including phenoxy) is 2. The van der Waals surface area contributed by atoms with Crippen molar-refractivity contribution in [3.63, 3.8) is 0 Å². The van der Waals surface area contributed by atoms with Gasteiger partial charge in [-0.2, -0.15) is 5.10 Å². The maximum absolute atomic E-state index is 10.3. The normalized spacial score (nSPS) is 12.1. The summed E-state index contributed by atoms with van der Waals surface area (Å²) in [6, 6.07) is 13.1. The van der Waals surface area contributed by atoms with Crippen molar-refractivity contribution in [3.8, 4) is 28.5 Å². The van der Waals surface area contributed by atoms with Gasteiger partial charge < -0.3 is 14.6 Å². The Hall–Kier alpha value is -3.06. The first-order chi connectivity index (χ1) is 14.0. The van der Waals surface area contributed by atoms with Crippen LogP contribution in [0, 0.1) is 0 Å². The number of hydrogen-bond acceptors (Lipinski definition) is 6. The van der Waals surface area contributed by atoms with Crippen molar-refractivity contribution < 1.29 is 14.6 Å². The van der Waals surface area contributed by atoms with Crippen LogP contribution in [0.15, 0.2) is 57.9 Å². The lowest BCUT2D eigenvalue weighted by Gasteiger charge is -2.07. The third-order valence-electron chi connectivity index (χ3n) is 4.06. The zero-order chi connectivity index (χ0) is 20.8. The summed E-state index contributed by atoms with van der Waals surface area (Å²) in [7, 11) is 1.65. The minimum atomic E-state index is 0.115. The molecule has 2 aromatic carbocycles. The molecule has 0 radical (unpaired) electrons. The second-order valence-electron chi connectivity index (χ2n) is 6.56. The minimum absolute atomic E-state index is 0.115. The van der Waals surface area contributed by atoms with Crippen molar-refractivity contribution in [2.75, 3.05) is 13.7 Å². The number of nitrogens with zero attached hydrogens (tertiary/aromatic N) is 3. The van der Waals surface area contributed by atoms with Crippen LogP contribution < -0.4 is 14.3 Å². The third kappa shape index (κ3) is 5.06. The van der Waals surface area contributed by atoms with Crippen molar-refractivity contribution in [3.05, 3.63) is 58.2 Å². The average Bonchev–Trinajstić information content (AvgIpc) is 3.09. The first kappa shape index (κ1) is 20.7. The van der Waals surface area contributed by atoms with Gasteiger partial charge >= 0.3 is 0 Å². The van der Waals surface area contributed by atoms with Gasteiger partial charge in [-0.1, -0.05) is 0 Å². The highest BCUT2D eigenvalue weighted by molar-refractivity contribution is 7.07. The standard InChI is InChI=1S/C22H25N3O3S/c1-5-28-19-11-8-17(21(26)12-19)13-23-25-20(14-29-22(25)24-15(2)3)16-6-9-18(27-4)10-7-16/h6-15,26H,5H2,1-4H3. The van der Waals surface area contributed by atoms with Gasteiger partial charge in [-0.25, -0.2) is 4.68 Å². The van der Waals surface area contributed by atoms with Crippen molar-refractivity contribution in [1.82, 2.24) is 4.68 Å². The van der Waals surface area contributed by atoms with Gasteiger partial charge in [0.15, 0.2) is 0 Å². The maximum atomic E-state index is 10.3. The van der Waals surface area contributed by atoms with Crippen molar-refractivity contribution >= 4 is 17.6 Å². The van der Waals surface area contributed by atoms with Gasteiger partial charge in [-0.3, -0.25) is 4.99 Å². The summed E-state index contributed by atoms with van der Waals surface area (Å²) in [5.41, 5.74) is 2.52. The molecule has 152 valence electrons. The minimum Gasteiger partial charge on any atom is -0.507 e. The molecule has 1 heterocycles. The molecule has 0 atom stereocenters. The van der Waals surface area contributed by atoms with Crippen LogP contribution in [0.1, 0.15) is 26.3 Å². The maximum Gasteiger partial charge on any atom is 0.206 e. The topological polar surface area (TPSA) is 68.3 Å². The zero-order valence-electron chi connectivity index (χ0n) is 17.0. The van der Waals surface area contributed by atoms with E-state index in [1.165, 1.54) is 11.3 Å². The number of phenolic OH excluding ortho intramolecular Hbond substituents is 1. The molecule has 1 N–H and O–H groups in total. The lowest BCUT2D eigenvalue weighted by molar-refractivity contribution is 0.337. The fraction of sp³-hybridized carbons (Fsp3) is 0.273. The van der Waals surface area contributed by atoms with Crippen LogP contribution in [-0.4, -0.2) is 35.8 Å². The van der Waals surface area contributed by atoms with E-state index in [-0.39, 0.29) is 11.8 Å². The Balaban J connectivity index is 2.02. The number of benzene rings is 2. The second kappa shape index (κ2) is 9.43. The van der Waals surface area contributed by atoms with Gasteiger partial charge in [-0.05, 0) is 57.2 Å². The Kier molecular flexibility index (Phi) is 6.72. The fourth-order valence-electron chi connectivity index (χ4n) is 2.69. The van der Waals surface area contributed by atoms with Crippen molar-refractivity contribution in [2.45, 2.75) is 26.8 Å². The molecular weight excluding hydrogens is 386 g/mol. The number of aromatic hydroxyl groups is 1. The number of methoxy groups -OCH3 is 1. The molecule has 29 heavy (non-hydrogen) atoms. The number of thiazole rings is 1. The second-order valence-corrected chi connectivity index (χ2v) is 7.40. The van der Waals surface area contributed by atoms with Gasteiger partial charge in [0, 0.05) is 28.6 Å². The molecule has 0 aliphatic carbocycles. The van der Waals surface area contributed by atoms with E-state index in [4.69, 9.17) is 9.47 Å². The molecule has 0 unspecified atom stereocenters. The first-order valence-corrected chi connectivity index (χ1v) is 10.3. The van der Waals surface area contributed by atoms with Crippen LogP contribution in [0.4, 0.5) is 0 Å². The van der Waals surface area contributed by atoms with Gasteiger partial charge in [-0.15, -0.1) is 11.3 Å². The van der Waals surface area contributed by atoms with Crippen LogP contribution in [0.5, 0.6) is 17.2 Å². The van der Waals surface area contributed by atoms with Crippen molar-refractivity contribution in [2.24, 2.45) is 10.1 Å². The van der Waals surface area contributed by atoms with E-state index in [1.807, 2.05) is 56.5 Å². The molecule has 0 spiro atoms. The van der Waals surface area contributed by atoms with E-state index in [0.717, 1.165) is 21.8 Å². The van der Waals surface area contributed by atoms with Crippen LogP contribution in [-0.2, 0) is 0 Å². The Labute approximate surface area is 174 Å². The molecule has 0 aliphatic heterocycles. The largest absolute Gasteiger partial charge is 0.507 e. The van der Waals surface area contributed by atoms with E-state index >= 15 is 0 Å². The van der Waals surface area contributed by atoms with Crippen LogP contribution in [0.25, 0.3) is 11.3 Å². The van der Waals surface area contributed by atoms with Crippen molar-refractivity contribution in [1.29, 1.82) is 0 Å². The monoisotopic (exact) mass is 411 g/mol. The molecule has 0 saturated carbocycles. The molecule has 0 amide bonds. The predicted octanol–water partition coefficient (Wildman–Crippen LogP) is 4.52. The van der Waals surface area contributed by atoms with Crippen LogP contribution in [0.3, 0.4) is 0 Å². The summed E-state index contributed by atoms with van der Waals surface area (Å²) in [4.78, 5) is 5.46. The summed E-state index contributed by atoms with van der Waals surface area (Å²) in [6.07, 6.45) is 1.63. The number of rotatable bonds is 7. The highest BCUT2D eigenvalue weighted by Gasteiger charge is 2.09. The van der Waals surface area contributed by atoms with Crippen LogP contribution in [0.2, 0.25) is 0 Å². The first-order valence-electron chi connectivity index (χ1n) is 9.40. The van der Waals surface area contributed by atoms with E-state index in [1.54, 1.807) is 30.1 Å². The van der Waals surface area contributed by atoms with Gasteiger partial charge in [0.2, 0.25) is 4.80 Å². The lowest BCUT2D eigenvalue weighted by atomic mass is 10.2. The number of hydrogen-bond donors (Lipinski definition) is 1. The molecule has 0 fully saturated rings. The highest BCUT2D eigenvalue weighted by Crippen LogP contribution is 2.24. The van der Waals surface area contributed by atoms with Gasteiger partial charge in [0.05, 0.1) is 25.6 Å². The molecule has 1 aromatic heterocycles. The van der Waals surface area contributed by atoms with Gasteiger partial charge in [0.1, 0.15) is 17.2 Å². The smallest absolute Gasteiger partial charge is 0.206 e. The molecule has 3 aromatic rings. The Morgan fingerprint density at radius 2 is 1.86 bits per heavy atom. The molecule has 7 heteroatoms. The Morgan fingerprint density at radius 3 is 2.48 bits per heavy atom. The molecule has 0 bridgehead atoms. The molecule has 6 nitrogen and oxygen atoms in total.